The van der Waals surface area contributed by atoms with Crippen LogP contribution in [0.15, 0.2) is 29.2 Å². The van der Waals surface area contributed by atoms with Crippen LogP contribution in [0, 0.1) is 6.92 Å². The molecule has 0 spiro atoms. The first-order chi connectivity index (χ1) is 7.98. The lowest BCUT2D eigenvalue weighted by atomic mass is 10.2. The molecule has 1 aromatic rings. The van der Waals surface area contributed by atoms with Crippen molar-refractivity contribution in [3.63, 3.8) is 0 Å². The molecule has 1 aromatic carbocycles. The predicted octanol–water partition coefficient (Wildman–Crippen LogP) is 2.59. The van der Waals surface area contributed by atoms with E-state index in [9.17, 15) is 8.42 Å². The number of aryl methyl sites for hydroxylation is 1. The molecule has 1 fully saturated rings. The number of benzene rings is 1. The third-order valence-corrected chi connectivity index (χ3v) is 7.09. The fourth-order valence-corrected chi connectivity index (χ4v) is 5.29. The van der Waals surface area contributed by atoms with Gasteiger partial charge in [-0.05, 0) is 31.7 Å². The highest BCUT2D eigenvalue weighted by Gasteiger charge is 2.65. The van der Waals surface area contributed by atoms with Gasteiger partial charge in [-0.15, -0.1) is 11.8 Å². The number of ether oxygens (including phenoxy) is 1. The minimum Gasteiger partial charge on any atom is -0.340 e. The molecule has 0 amide bonds. The van der Waals surface area contributed by atoms with Crippen molar-refractivity contribution >= 4 is 21.6 Å². The molecule has 94 valence electrons. The topological polar surface area (TPSA) is 46.7 Å². The van der Waals surface area contributed by atoms with E-state index >= 15 is 0 Å². The van der Waals surface area contributed by atoms with Gasteiger partial charge in [0.05, 0.1) is 4.90 Å². The summed E-state index contributed by atoms with van der Waals surface area (Å²) in [7, 11) is -3.41. The van der Waals surface area contributed by atoms with Crippen molar-refractivity contribution < 1.29 is 13.2 Å². The molecule has 17 heavy (non-hydrogen) atoms. The van der Waals surface area contributed by atoms with E-state index in [4.69, 9.17) is 4.74 Å². The van der Waals surface area contributed by atoms with Crippen LogP contribution in [0.5, 0.6) is 0 Å². The predicted molar refractivity (Wildman–Crippen MR) is 69.8 cm³/mol. The van der Waals surface area contributed by atoms with Gasteiger partial charge in [-0.2, -0.15) is 0 Å². The molecule has 2 atom stereocenters. The molecule has 2 unspecified atom stereocenters. The quantitative estimate of drug-likeness (QED) is 0.790. The van der Waals surface area contributed by atoms with E-state index in [1.807, 2.05) is 26.0 Å². The van der Waals surface area contributed by atoms with Crippen LogP contribution in [0.1, 0.15) is 18.9 Å². The molecule has 1 saturated heterocycles. The second-order valence-electron chi connectivity index (χ2n) is 4.14. The first-order valence-electron chi connectivity index (χ1n) is 5.52. The average Bonchev–Trinajstić information content (AvgIpc) is 3.05. The molecule has 2 rings (SSSR count). The summed E-state index contributed by atoms with van der Waals surface area (Å²) in [5, 5.41) is 0. The van der Waals surface area contributed by atoms with Gasteiger partial charge < -0.3 is 4.74 Å². The van der Waals surface area contributed by atoms with Crippen molar-refractivity contribution in [3.8, 4) is 0 Å². The van der Waals surface area contributed by atoms with E-state index < -0.39 is 14.1 Å². The summed E-state index contributed by atoms with van der Waals surface area (Å²) in [6.07, 6.45) is 2.30. The van der Waals surface area contributed by atoms with E-state index in [1.54, 1.807) is 18.4 Å². The summed E-state index contributed by atoms with van der Waals surface area (Å²) >= 11 is 1.27. The second kappa shape index (κ2) is 4.30. The van der Waals surface area contributed by atoms with Crippen molar-refractivity contribution in [3.05, 3.63) is 29.8 Å². The maximum atomic E-state index is 12.5. The smallest absolute Gasteiger partial charge is 0.247 e. The Hall–Kier alpha value is -0.520. The zero-order valence-corrected chi connectivity index (χ0v) is 11.8. The van der Waals surface area contributed by atoms with Gasteiger partial charge in [-0.3, -0.25) is 0 Å². The highest BCUT2D eigenvalue weighted by Crippen LogP contribution is 2.53. The minimum absolute atomic E-state index is 0.191. The van der Waals surface area contributed by atoms with Crippen molar-refractivity contribution in [2.45, 2.75) is 35.5 Å². The van der Waals surface area contributed by atoms with Gasteiger partial charge in [-0.25, -0.2) is 8.42 Å². The van der Waals surface area contributed by atoms with Crippen LogP contribution >= 0.6 is 11.8 Å². The Morgan fingerprint density at radius 1 is 1.35 bits per heavy atom. The Labute approximate surface area is 106 Å². The van der Waals surface area contributed by atoms with E-state index in [2.05, 4.69) is 0 Å². The Balaban J connectivity index is 2.40. The van der Waals surface area contributed by atoms with Crippen LogP contribution in [0.4, 0.5) is 0 Å². The maximum Gasteiger partial charge on any atom is 0.247 e. The number of hydrogen-bond acceptors (Lipinski definition) is 4. The molecule has 0 bridgehead atoms. The molecule has 1 aliphatic rings. The molecule has 1 aliphatic heterocycles. The Morgan fingerprint density at radius 3 is 2.35 bits per heavy atom. The van der Waals surface area contributed by atoms with Crippen LogP contribution in [0.25, 0.3) is 0 Å². The lowest BCUT2D eigenvalue weighted by Crippen LogP contribution is -2.23. The average molecular weight is 272 g/mol. The fraction of sp³-hybridized carbons (Fsp3) is 0.500. The molecular weight excluding hydrogens is 256 g/mol. The summed E-state index contributed by atoms with van der Waals surface area (Å²) in [6.45, 7) is 3.87. The number of rotatable bonds is 4. The molecule has 0 aromatic heterocycles. The molecule has 0 N–H and O–H groups in total. The van der Waals surface area contributed by atoms with Gasteiger partial charge >= 0.3 is 0 Å². The van der Waals surface area contributed by atoms with E-state index in [-0.39, 0.29) is 6.10 Å². The highest BCUT2D eigenvalue weighted by molar-refractivity contribution is 8.14. The Morgan fingerprint density at radius 2 is 1.94 bits per heavy atom. The monoisotopic (exact) mass is 272 g/mol. The van der Waals surface area contributed by atoms with Crippen LogP contribution in [-0.4, -0.2) is 25.0 Å². The molecule has 5 heteroatoms. The number of epoxide rings is 1. The van der Waals surface area contributed by atoms with Crippen molar-refractivity contribution in [2.75, 3.05) is 6.26 Å². The van der Waals surface area contributed by atoms with Crippen LogP contribution < -0.4 is 0 Å². The number of thioether (sulfide) groups is 1. The van der Waals surface area contributed by atoms with Gasteiger partial charge in [0.25, 0.3) is 0 Å². The zero-order chi connectivity index (χ0) is 12.7. The van der Waals surface area contributed by atoms with Crippen molar-refractivity contribution in [1.82, 2.24) is 0 Å². The van der Waals surface area contributed by atoms with E-state index in [0.29, 0.717) is 11.3 Å². The fourth-order valence-electron chi connectivity index (χ4n) is 1.90. The molecule has 1 heterocycles. The third kappa shape index (κ3) is 1.90. The molecule has 0 radical (unpaired) electrons. The summed E-state index contributed by atoms with van der Waals surface area (Å²) in [5.41, 5.74) is 1.05. The first kappa shape index (κ1) is 12.9. The summed E-state index contributed by atoms with van der Waals surface area (Å²) < 4.78 is 29.3. The number of hydrogen-bond donors (Lipinski definition) is 0. The van der Waals surface area contributed by atoms with E-state index in [1.165, 1.54) is 11.8 Å². The summed E-state index contributed by atoms with van der Waals surface area (Å²) in [6, 6.07) is 6.92. The molecule has 0 saturated carbocycles. The van der Waals surface area contributed by atoms with E-state index in [0.717, 1.165) is 5.56 Å². The van der Waals surface area contributed by atoms with Gasteiger partial charge in [-0.1, -0.05) is 24.6 Å². The maximum absolute atomic E-state index is 12.5. The largest absolute Gasteiger partial charge is 0.340 e. The van der Waals surface area contributed by atoms with Crippen LogP contribution in [-0.2, 0) is 14.6 Å². The lowest BCUT2D eigenvalue weighted by molar-refractivity contribution is 0.380. The second-order valence-corrected chi connectivity index (χ2v) is 7.50. The van der Waals surface area contributed by atoms with Gasteiger partial charge in [0, 0.05) is 0 Å². The summed E-state index contributed by atoms with van der Waals surface area (Å²) in [4.78, 5) is 0.341. The SMILES string of the molecule is CCC1OC1(SC)S(=O)(=O)c1ccc(C)cc1. The molecule has 0 aliphatic carbocycles. The Bertz CT molecular complexity index is 507. The molecular formula is C12H16O3S2. The van der Waals surface area contributed by atoms with Gasteiger partial charge in [0.2, 0.25) is 14.1 Å². The number of sulfone groups is 1. The normalized spacial score (nSPS) is 28.1. The minimum atomic E-state index is -3.41. The standard InChI is InChI=1S/C12H16O3S2/c1-4-11-12(15-11,16-3)17(13,14)10-7-5-9(2)6-8-10/h5-8,11H,4H2,1-3H3. The Kier molecular flexibility index (Phi) is 3.27. The summed E-state index contributed by atoms with van der Waals surface area (Å²) in [5.74, 6) is 0. The third-order valence-electron chi connectivity index (χ3n) is 3.00. The first-order valence-corrected chi connectivity index (χ1v) is 8.23. The van der Waals surface area contributed by atoms with Crippen LogP contribution in [0.2, 0.25) is 0 Å². The zero-order valence-electron chi connectivity index (χ0n) is 10.1. The highest BCUT2D eigenvalue weighted by atomic mass is 32.3. The molecule has 3 nitrogen and oxygen atoms in total. The van der Waals surface area contributed by atoms with Gasteiger partial charge in [0.1, 0.15) is 6.10 Å². The lowest BCUT2D eigenvalue weighted by Gasteiger charge is -2.11. The van der Waals surface area contributed by atoms with Crippen molar-refractivity contribution in [2.24, 2.45) is 0 Å². The van der Waals surface area contributed by atoms with Crippen molar-refractivity contribution in [1.29, 1.82) is 0 Å². The van der Waals surface area contributed by atoms with Crippen LogP contribution in [0.3, 0.4) is 0 Å². The van der Waals surface area contributed by atoms with Gasteiger partial charge in [0.15, 0.2) is 0 Å².